The second-order valence-corrected chi connectivity index (χ2v) is 17.8. The molecule has 0 radical (unpaired) electrons. The van der Waals surface area contributed by atoms with Crippen LogP contribution >= 0.6 is 0 Å². The molecule has 0 aliphatic rings. The van der Waals surface area contributed by atoms with Gasteiger partial charge in [-0.3, -0.25) is 9.59 Å². The average Bonchev–Trinajstić information content (AvgIpc) is 3.19. The molecule has 0 saturated heterocycles. The van der Waals surface area contributed by atoms with E-state index in [1.54, 1.807) is 0 Å². The minimum atomic E-state index is 0.0504. The maximum Gasteiger partial charge on any atom is 0.308 e. The molecule has 4 atom stereocenters. The number of carbonyl (C=O) groups is 2. The molecule has 0 amide bonds. The van der Waals surface area contributed by atoms with Gasteiger partial charge in [-0.15, -0.1) is 0 Å². The van der Waals surface area contributed by atoms with E-state index in [2.05, 4.69) is 46.4 Å². The molecule has 2 unspecified atom stereocenters. The van der Waals surface area contributed by atoms with Crippen molar-refractivity contribution in [2.45, 2.75) is 247 Å². The molecule has 0 bridgehead atoms. The number of ether oxygens (including phenoxy) is 2. The zero-order chi connectivity index (χ0) is 41.3. The fourth-order valence-electron chi connectivity index (χ4n) is 8.13. The molecule has 0 rings (SSSR count). The third kappa shape index (κ3) is 33.8. The number of nitrogens with zero attached hydrogens (tertiary/aromatic N) is 1. The van der Waals surface area contributed by atoms with Crippen LogP contribution in [0, 0.1) is 23.7 Å². The highest BCUT2D eigenvalue weighted by Crippen LogP contribution is 2.24. The molecular weight excluding hydrogens is 695 g/mol. The standard InChI is InChI=1S/C50H99NO5/c1-7-11-15-19-21-27-37-47(35-25-17-13-9-3)49(53)55-42-32-24-23-29-39-51(40-30-31-41-52)44-46(6)45(5)34-33-43-56-50(54)48(36-26-18-14-10-4)38-28-22-20-16-12-8-2/h45-48,52H,7-44H2,1-6H3/t45-,46-,47?,48?/m0/s1. The second-order valence-electron chi connectivity index (χ2n) is 17.8. The van der Waals surface area contributed by atoms with Crippen LogP contribution in [-0.4, -0.2) is 61.4 Å². The number of unbranched alkanes of at least 4 members (excludes halogenated alkanes) is 20. The highest BCUT2D eigenvalue weighted by atomic mass is 16.5. The summed E-state index contributed by atoms with van der Waals surface area (Å²) in [7, 11) is 0. The van der Waals surface area contributed by atoms with Gasteiger partial charge in [-0.05, 0) is 89.1 Å². The van der Waals surface area contributed by atoms with Gasteiger partial charge in [-0.1, -0.05) is 183 Å². The predicted molar refractivity (Wildman–Crippen MR) is 241 cm³/mol. The average molecular weight is 794 g/mol. The summed E-state index contributed by atoms with van der Waals surface area (Å²) >= 11 is 0. The van der Waals surface area contributed by atoms with Crippen molar-refractivity contribution in [3.63, 3.8) is 0 Å². The summed E-state index contributed by atoms with van der Waals surface area (Å²) < 4.78 is 11.8. The van der Waals surface area contributed by atoms with Gasteiger partial charge in [0.25, 0.3) is 0 Å². The van der Waals surface area contributed by atoms with Crippen molar-refractivity contribution in [2.24, 2.45) is 23.7 Å². The summed E-state index contributed by atoms with van der Waals surface area (Å²) in [5.41, 5.74) is 0. The van der Waals surface area contributed by atoms with E-state index < -0.39 is 0 Å². The van der Waals surface area contributed by atoms with Gasteiger partial charge < -0.3 is 19.5 Å². The lowest BCUT2D eigenvalue weighted by molar-refractivity contribution is -0.150. The third-order valence-corrected chi connectivity index (χ3v) is 12.4. The predicted octanol–water partition coefficient (Wildman–Crippen LogP) is 14.4. The van der Waals surface area contributed by atoms with Crippen LogP contribution in [0.4, 0.5) is 0 Å². The van der Waals surface area contributed by atoms with Crippen LogP contribution in [0.15, 0.2) is 0 Å². The number of hydrogen-bond acceptors (Lipinski definition) is 6. The van der Waals surface area contributed by atoms with Crippen LogP contribution in [0.1, 0.15) is 247 Å². The molecule has 6 heteroatoms. The van der Waals surface area contributed by atoms with E-state index >= 15 is 0 Å². The van der Waals surface area contributed by atoms with E-state index in [-0.39, 0.29) is 30.4 Å². The Morgan fingerprint density at radius 2 is 0.786 bits per heavy atom. The third-order valence-electron chi connectivity index (χ3n) is 12.4. The van der Waals surface area contributed by atoms with E-state index in [9.17, 15) is 14.7 Å². The monoisotopic (exact) mass is 794 g/mol. The number of aliphatic hydroxyl groups is 1. The maximum absolute atomic E-state index is 13.1. The van der Waals surface area contributed by atoms with E-state index in [1.807, 2.05) is 0 Å². The number of hydrogen-bond donors (Lipinski definition) is 1. The van der Waals surface area contributed by atoms with Crippen LogP contribution in [-0.2, 0) is 19.1 Å². The Kier molecular flexibility index (Phi) is 41.1. The molecule has 334 valence electrons. The smallest absolute Gasteiger partial charge is 0.308 e. The number of aliphatic hydroxyl groups excluding tert-OH is 1. The minimum absolute atomic E-state index is 0.0504. The zero-order valence-corrected chi connectivity index (χ0v) is 38.7. The Morgan fingerprint density at radius 3 is 1.23 bits per heavy atom. The first-order valence-electron chi connectivity index (χ1n) is 25.0. The van der Waals surface area contributed by atoms with Gasteiger partial charge in [-0.2, -0.15) is 0 Å². The summed E-state index contributed by atoms with van der Waals surface area (Å²) in [4.78, 5) is 28.7. The largest absolute Gasteiger partial charge is 0.465 e. The summed E-state index contributed by atoms with van der Waals surface area (Å²) in [6.45, 7) is 18.3. The lowest BCUT2D eigenvalue weighted by Crippen LogP contribution is -2.33. The number of esters is 2. The Labute approximate surface area is 350 Å². The van der Waals surface area contributed by atoms with Crippen molar-refractivity contribution in [1.29, 1.82) is 0 Å². The van der Waals surface area contributed by atoms with Crippen LogP contribution in [0.3, 0.4) is 0 Å². The fourth-order valence-corrected chi connectivity index (χ4v) is 8.13. The Balaban J connectivity index is 4.61. The summed E-state index contributed by atoms with van der Waals surface area (Å²) in [5.74, 6) is 1.39. The van der Waals surface area contributed by atoms with Crippen molar-refractivity contribution in [3.8, 4) is 0 Å². The van der Waals surface area contributed by atoms with Crippen molar-refractivity contribution in [1.82, 2.24) is 4.90 Å². The molecule has 1 N–H and O–H groups in total. The van der Waals surface area contributed by atoms with Crippen molar-refractivity contribution in [3.05, 3.63) is 0 Å². The molecule has 0 aliphatic heterocycles. The quantitative estimate of drug-likeness (QED) is 0.0489. The van der Waals surface area contributed by atoms with Crippen LogP contribution in [0.25, 0.3) is 0 Å². The molecule has 0 aliphatic carbocycles. The fraction of sp³-hybridized carbons (Fsp3) is 0.960. The molecule has 56 heavy (non-hydrogen) atoms. The summed E-state index contributed by atoms with van der Waals surface area (Å²) in [6.07, 6.45) is 37.1. The molecule has 0 aromatic heterocycles. The molecule has 0 aromatic rings. The van der Waals surface area contributed by atoms with E-state index in [0.29, 0.717) is 25.0 Å². The highest BCUT2D eigenvalue weighted by Gasteiger charge is 2.21. The van der Waals surface area contributed by atoms with Gasteiger partial charge in [0.15, 0.2) is 0 Å². The molecule has 6 nitrogen and oxygen atoms in total. The van der Waals surface area contributed by atoms with Gasteiger partial charge in [-0.25, -0.2) is 0 Å². The van der Waals surface area contributed by atoms with E-state index in [4.69, 9.17) is 9.47 Å². The lowest BCUT2D eigenvalue weighted by atomic mass is 9.91. The van der Waals surface area contributed by atoms with Crippen LogP contribution in [0.2, 0.25) is 0 Å². The first-order valence-corrected chi connectivity index (χ1v) is 25.0. The van der Waals surface area contributed by atoms with E-state index in [0.717, 1.165) is 122 Å². The molecular formula is C50H99NO5. The second kappa shape index (κ2) is 42.0. The van der Waals surface area contributed by atoms with Gasteiger partial charge in [0.1, 0.15) is 0 Å². The van der Waals surface area contributed by atoms with Crippen LogP contribution in [0.5, 0.6) is 0 Å². The minimum Gasteiger partial charge on any atom is -0.465 e. The Morgan fingerprint density at radius 1 is 0.429 bits per heavy atom. The Bertz CT molecular complexity index is 836. The van der Waals surface area contributed by atoms with Gasteiger partial charge in [0, 0.05) is 13.2 Å². The summed E-state index contributed by atoms with van der Waals surface area (Å²) in [5, 5.41) is 9.42. The SMILES string of the molecule is CCCCCCCCC(CCCCCC)C(=O)OCCCCCCN(CCCCO)C[C@H](C)[C@@H](C)CCCOC(=O)C(CCCCCC)CCCCCCCC. The lowest BCUT2D eigenvalue weighted by Gasteiger charge is -2.29. The first kappa shape index (κ1) is 54.9. The van der Waals surface area contributed by atoms with Gasteiger partial charge >= 0.3 is 11.9 Å². The Hall–Kier alpha value is -1.14. The molecule has 0 spiro atoms. The number of carbonyl (C=O) groups excluding carboxylic acids is 2. The van der Waals surface area contributed by atoms with Crippen molar-refractivity contribution in [2.75, 3.05) is 39.5 Å². The summed E-state index contributed by atoms with van der Waals surface area (Å²) in [6, 6.07) is 0. The molecule has 0 heterocycles. The zero-order valence-electron chi connectivity index (χ0n) is 38.7. The van der Waals surface area contributed by atoms with Crippen molar-refractivity contribution < 1.29 is 24.2 Å². The topological polar surface area (TPSA) is 76.1 Å². The van der Waals surface area contributed by atoms with Gasteiger partial charge in [0.05, 0.1) is 25.0 Å². The molecule has 0 saturated carbocycles. The first-order chi connectivity index (χ1) is 27.3. The molecule has 0 aromatic carbocycles. The highest BCUT2D eigenvalue weighted by molar-refractivity contribution is 5.72. The maximum atomic E-state index is 13.1. The van der Waals surface area contributed by atoms with Crippen molar-refractivity contribution >= 4 is 11.9 Å². The van der Waals surface area contributed by atoms with Crippen LogP contribution < -0.4 is 0 Å². The normalized spacial score (nSPS) is 13.9. The number of rotatable bonds is 44. The van der Waals surface area contributed by atoms with Gasteiger partial charge in [0.2, 0.25) is 0 Å². The molecule has 0 fully saturated rings. The van der Waals surface area contributed by atoms with E-state index in [1.165, 1.54) is 103 Å².